The Kier molecular flexibility index (Phi) is 6.45. The standard InChI is InChI=1S/C22H27N3O6S/c1-15(2)10-11-24-19-12-16(8-9-20(19)31-14-22(3,4)21(24)26)23-32(29,30)18-7-5-6-17(13-18)25(27)28/h5-9,12-13,15,23H,10-11,14H2,1-4H3. The van der Waals surface area contributed by atoms with Gasteiger partial charge >= 0.3 is 0 Å². The predicted molar refractivity (Wildman–Crippen MR) is 121 cm³/mol. The summed E-state index contributed by atoms with van der Waals surface area (Å²) in [7, 11) is -4.08. The number of nitrogens with zero attached hydrogens (tertiary/aromatic N) is 2. The normalized spacial score (nSPS) is 15.7. The van der Waals surface area contributed by atoms with Crippen molar-refractivity contribution in [3.63, 3.8) is 0 Å². The summed E-state index contributed by atoms with van der Waals surface area (Å²) >= 11 is 0. The van der Waals surface area contributed by atoms with E-state index in [0.29, 0.717) is 23.9 Å². The molecule has 0 saturated carbocycles. The van der Waals surface area contributed by atoms with Crippen LogP contribution in [-0.4, -0.2) is 32.4 Å². The van der Waals surface area contributed by atoms with Gasteiger partial charge in [0.2, 0.25) is 5.91 Å². The number of fused-ring (bicyclic) bond motifs is 1. The second kappa shape index (κ2) is 8.78. The molecule has 0 aromatic heterocycles. The first kappa shape index (κ1) is 23.5. The number of hydrogen-bond donors (Lipinski definition) is 1. The van der Waals surface area contributed by atoms with Gasteiger partial charge < -0.3 is 9.64 Å². The molecule has 0 fully saturated rings. The van der Waals surface area contributed by atoms with Crippen molar-refractivity contribution in [2.75, 3.05) is 22.8 Å². The van der Waals surface area contributed by atoms with Gasteiger partial charge in [-0.05, 0) is 50.5 Å². The van der Waals surface area contributed by atoms with Crippen LogP contribution in [0.25, 0.3) is 0 Å². The first-order valence-corrected chi connectivity index (χ1v) is 11.7. The van der Waals surface area contributed by atoms with Crippen LogP contribution in [0.2, 0.25) is 0 Å². The number of amides is 1. The molecule has 0 bridgehead atoms. The lowest BCUT2D eigenvalue weighted by Crippen LogP contribution is -2.42. The molecule has 0 unspecified atom stereocenters. The maximum Gasteiger partial charge on any atom is 0.270 e. The topological polar surface area (TPSA) is 119 Å². The molecule has 0 radical (unpaired) electrons. The van der Waals surface area contributed by atoms with E-state index in [-0.39, 0.29) is 28.8 Å². The van der Waals surface area contributed by atoms with E-state index in [0.717, 1.165) is 12.5 Å². The minimum Gasteiger partial charge on any atom is -0.490 e. The Bertz CT molecular complexity index is 1140. The van der Waals surface area contributed by atoms with E-state index in [1.165, 1.54) is 24.3 Å². The Morgan fingerprint density at radius 2 is 1.94 bits per heavy atom. The van der Waals surface area contributed by atoms with E-state index in [4.69, 9.17) is 4.74 Å². The highest BCUT2D eigenvalue weighted by molar-refractivity contribution is 7.92. The number of non-ortho nitro benzene ring substituents is 1. The van der Waals surface area contributed by atoms with Crippen LogP contribution in [0, 0.1) is 21.4 Å². The van der Waals surface area contributed by atoms with Crippen molar-refractivity contribution in [3.8, 4) is 5.75 Å². The molecule has 3 rings (SSSR count). The van der Waals surface area contributed by atoms with Crippen molar-refractivity contribution in [3.05, 3.63) is 52.6 Å². The van der Waals surface area contributed by atoms with Gasteiger partial charge in [-0.1, -0.05) is 19.9 Å². The molecule has 1 heterocycles. The van der Waals surface area contributed by atoms with E-state index in [2.05, 4.69) is 18.6 Å². The zero-order valence-electron chi connectivity index (χ0n) is 18.5. The second-order valence-electron chi connectivity index (χ2n) is 8.85. The molecule has 1 aliphatic heterocycles. The number of sulfonamides is 1. The summed E-state index contributed by atoms with van der Waals surface area (Å²) in [6.45, 7) is 8.43. The third-order valence-electron chi connectivity index (χ3n) is 5.18. The van der Waals surface area contributed by atoms with Gasteiger partial charge in [-0.3, -0.25) is 19.6 Å². The Morgan fingerprint density at radius 3 is 2.59 bits per heavy atom. The lowest BCUT2D eigenvalue weighted by atomic mass is 9.92. The van der Waals surface area contributed by atoms with Gasteiger partial charge in [0.1, 0.15) is 12.4 Å². The minimum atomic E-state index is -4.08. The quantitative estimate of drug-likeness (QED) is 0.488. The largest absolute Gasteiger partial charge is 0.490 e. The molecule has 172 valence electrons. The Labute approximate surface area is 187 Å². The van der Waals surface area contributed by atoms with Crippen LogP contribution >= 0.6 is 0 Å². The van der Waals surface area contributed by atoms with E-state index in [1.54, 1.807) is 17.0 Å². The van der Waals surface area contributed by atoms with Crippen LogP contribution in [0.5, 0.6) is 5.75 Å². The van der Waals surface area contributed by atoms with E-state index >= 15 is 0 Å². The maximum absolute atomic E-state index is 13.2. The smallest absolute Gasteiger partial charge is 0.270 e. The van der Waals surface area contributed by atoms with Gasteiger partial charge in [0, 0.05) is 18.7 Å². The Balaban J connectivity index is 1.97. The van der Waals surface area contributed by atoms with Crippen LogP contribution in [0.3, 0.4) is 0 Å². The van der Waals surface area contributed by atoms with Gasteiger partial charge in [0.25, 0.3) is 15.7 Å². The summed E-state index contributed by atoms with van der Waals surface area (Å²) in [4.78, 5) is 25.0. The third-order valence-corrected chi connectivity index (χ3v) is 6.56. The molecule has 1 N–H and O–H groups in total. The lowest BCUT2D eigenvalue weighted by Gasteiger charge is -2.28. The zero-order chi connectivity index (χ0) is 23.7. The molecule has 0 aliphatic carbocycles. The highest BCUT2D eigenvalue weighted by Crippen LogP contribution is 2.39. The van der Waals surface area contributed by atoms with Crippen LogP contribution in [-0.2, 0) is 14.8 Å². The summed E-state index contributed by atoms with van der Waals surface area (Å²) in [5, 5.41) is 11.0. The molecule has 9 nitrogen and oxygen atoms in total. The molecule has 32 heavy (non-hydrogen) atoms. The fraction of sp³-hybridized carbons (Fsp3) is 0.409. The van der Waals surface area contributed by atoms with Gasteiger partial charge in [-0.2, -0.15) is 0 Å². The molecule has 10 heteroatoms. The molecule has 1 aliphatic rings. The molecule has 1 amide bonds. The molecular formula is C22H27N3O6S. The zero-order valence-corrected chi connectivity index (χ0v) is 19.3. The van der Waals surface area contributed by atoms with Crippen molar-refractivity contribution in [2.24, 2.45) is 11.3 Å². The minimum absolute atomic E-state index is 0.101. The first-order chi connectivity index (χ1) is 14.9. The average Bonchev–Trinajstić information content (AvgIpc) is 2.81. The summed E-state index contributed by atoms with van der Waals surface area (Å²) in [6, 6.07) is 9.53. The SMILES string of the molecule is CC(C)CCN1C(=O)C(C)(C)COc2ccc(NS(=O)(=O)c3cccc([N+](=O)[O-])c3)cc21. The van der Waals surface area contributed by atoms with Gasteiger partial charge in [-0.15, -0.1) is 0 Å². The van der Waals surface area contributed by atoms with Crippen molar-refractivity contribution < 1.29 is 22.9 Å². The van der Waals surface area contributed by atoms with Crippen LogP contribution in [0.4, 0.5) is 17.1 Å². The van der Waals surface area contributed by atoms with Crippen molar-refractivity contribution in [1.82, 2.24) is 0 Å². The van der Waals surface area contributed by atoms with Crippen LogP contribution < -0.4 is 14.4 Å². The number of rotatable bonds is 7. The molecule has 0 spiro atoms. The number of hydrogen-bond acceptors (Lipinski definition) is 6. The van der Waals surface area contributed by atoms with E-state index in [9.17, 15) is 23.3 Å². The third kappa shape index (κ3) is 5.01. The van der Waals surface area contributed by atoms with E-state index in [1.807, 2.05) is 13.8 Å². The molecule has 2 aromatic rings. The van der Waals surface area contributed by atoms with E-state index < -0.39 is 20.4 Å². The fourth-order valence-electron chi connectivity index (χ4n) is 3.30. The van der Waals surface area contributed by atoms with Crippen molar-refractivity contribution >= 4 is 33.0 Å². The number of nitrogens with one attached hydrogen (secondary N) is 1. The number of carbonyl (C=O) groups excluding carboxylic acids is 1. The van der Waals surface area contributed by atoms with Crippen LogP contribution in [0.15, 0.2) is 47.4 Å². The summed E-state index contributed by atoms with van der Waals surface area (Å²) < 4.78 is 34.0. The predicted octanol–water partition coefficient (Wildman–Crippen LogP) is 4.19. The number of ether oxygens (including phenoxy) is 1. The number of nitro benzene ring substituents is 1. The monoisotopic (exact) mass is 461 g/mol. The lowest BCUT2D eigenvalue weighted by molar-refractivity contribution is -0.385. The van der Waals surface area contributed by atoms with Gasteiger partial charge in [0.15, 0.2) is 0 Å². The average molecular weight is 462 g/mol. The maximum atomic E-state index is 13.2. The van der Waals surface area contributed by atoms with Gasteiger partial charge in [0.05, 0.1) is 26.6 Å². The second-order valence-corrected chi connectivity index (χ2v) is 10.5. The number of carbonyl (C=O) groups is 1. The summed E-state index contributed by atoms with van der Waals surface area (Å²) in [5.41, 5.74) is -0.351. The number of nitro groups is 1. The first-order valence-electron chi connectivity index (χ1n) is 10.3. The summed E-state index contributed by atoms with van der Waals surface area (Å²) in [5.74, 6) is 0.760. The van der Waals surface area contributed by atoms with Crippen molar-refractivity contribution in [1.29, 1.82) is 0 Å². The fourth-order valence-corrected chi connectivity index (χ4v) is 4.38. The molecular weight excluding hydrogens is 434 g/mol. The Hall–Kier alpha value is -3.14. The van der Waals surface area contributed by atoms with Gasteiger partial charge in [-0.25, -0.2) is 8.42 Å². The van der Waals surface area contributed by atoms with Crippen molar-refractivity contribution in [2.45, 2.75) is 39.0 Å². The Morgan fingerprint density at radius 1 is 1.22 bits per heavy atom. The molecule has 0 atom stereocenters. The van der Waals surface area contributed by atoms with Crippen LogP contribution in [0.1, 0.15) is 34.1 Å². The molecule has 2 aromatic carbocycles. The number of benzene rings is 2. The summed E-state index contributed by atoms with van der Waals surface area (Å²) in [6.07, 6.45) is 0.769. The highest BCUT2D eigenvalue weighted by atomic mass is 32.2. The molecule has 0 saturated heterocycles. The number of anilines is 2. The highest BCUT2D eigenvalue weighted by Gasteiger charge is 2.37.